The smallest absolute Gasteiger partial charge is 0.409 e. The SMILES string of the molecule is CCCCN(C)C(=O)OC[C@@H](C)/C=C/C=C(\C)[C@@H](C=O)[C@@H](C)/C=C/[C@H](OC(C)=O)[C@@](C)(O)CC[C@H](O)CC=O. The van der Waals surface area contributed by atoms with E-state index < -0.39 is 29.7 Å². The molecule has 0 bridgehead atoms. The molecule has 0 heterocycles. The van der Waals surface area contributed by atoms with Crippen LogP contribution in [0.1, 0.15) is 73.6 Å². The fourth-order valence-corrected chi connectivity index (χ4v) is 3.79. The van der Waals surface area contributed by atoms with Gasteiger partial charge in [-0.1, -0.05) is 57.1 Å². The van der Waals surface area contributed by atoms with Crippen LogP contribution < -0.4 is 0 Å². The molecule has 39 heavy (non-hydrogen) atoms. The zero-order valence-corrected chi connectivity index (χ0v) is 24.7. The number of hydrogen-bond acceptors (Lipinski definition) is 8. The third-order valence-corrected chi connectivity index (χ3v) is 6.51. The summed E-state index contributed by atoms with van der Waals surface area (Å²) < 4.78 is 10.7. The fraction of sp³-hybridized carbons (Fsp3) is 0.667. The van der Waals surface area contributed by atoms with Crippen molar-refractivity contribution in [2.24, 2.45) is 17.8 Å². The highest BCUT2D eigenvalue weighted by molar-refractivity contribution is 5.67. The molecule has 0 aromatic heterocycles. The molecule has 0 saturated heterocycles. The standard InChI is InChI=1S/C30H49NO8/c1-8-9-18-31(7)29(36)38-21-22(2)11-10-12-23(3)27(20-33)24(4)13-14-28(39-25(5)34)30(6,37)17-15-26(35)16-19-32/h10-14,19-20,22,24,26-28,35,37H,8-9,15-18,21H2,1-7H3/b11-10+,14-13+,23-12+/t22-,24-,26-,27+,28-,30-/m0/s1. The first-order valence-electron chi connectivity index (χ1n) is 13.7. The van der Waals surface area contributed by atoms with Crippen molar-refractivity contribution in [1.82, 2.24) is 4.90 Å². The minimum absolute atomic E-state index is 0.0126. The number of carbonyl (C=O) groups is 4. The first-order chi connectivity index (χ1) is 18.3. The van der Waals surface area contributed by atoms with E-state index in [1.54, 1.807) is 24.1 Å². The van der Waals surface area contributed by atoms with Gasteiger partial charge in [0.25, 0.3) is 0 Å². The third-order valence-electron chi connectivity index (χ3n) is 6.51. The molecule has 6 atom stereocenters. The van der Waals surface area contributed by atoms with Crippen LogP contribution in [-0.4, -0.2) is 77.8 Å². The molecule has 0 radical (unpaired) electrons. The second-order valence-corrected chi connectivity index (χ2v) is 10.5. The second kappa shape index (κ2) is 19.3. The summed E-state index contributed by atoms with van der Waals surface area (Å²) >= 11 is 0. The van der Waals surface area contributed by atoms with Gasteiger partial charge in [0.15, 0.2) is 0 Å². The lowest BCUT2D eigenvalue weighted by Crippen LogP contribution is -2.41. The Kier molecular flexibility index (Phi) is 17.9. The number of ether oxygens (including phenoxy) is 2. The van der Waals surface area contributed by atoms with Crippen molar-refractivity contribution >= 4 is 24.6 Å². The molecule has 0 fully saturated rings. The van der Waals surface area contributed by atoms with E-state index in [-0.39, 0.29) is 43.8 Å². The molecule has 0 aliphatic heterocycles. The fourth-order valence-electron chi connectivity index (χ4n) is 3.79. The van der Waals surface area contributed by atoms with Gasteiger partial charge in [-0.3, -0.25) is 4.79 Å². The van der Waals surface area contributed by atoms with Gasteiger partial charge in [-0.15, -0.1) is 0 Å². The average molecular weight is 552 g/mol. The van der Waals surface area contributed by atoms with Gasteiger partial charge in [0.1, 0.15) is 24.3 Å². The molecule has 0 aromatic carbocycles. The number of aliphatic hydroxyl groups is 2. The van der Waals surface area contributed by atoms with Gasteiger partial charge < -0.3 is 34.2 Å². The number of esters is 1. The van der Waals surface area contributed by atoms with Gasteiger partial charge in [0, 0.05) is 38.8 Å². The summed E-state index contributed by atoms with van der Waals surface area (Å²) in [5.74, 6) is -1.31. The Morgan fingerprint density at radius 3 is 2.33 bits per heavy atom. The van der Waals surface area contributed by atoms with Crippen molar-refractivity contribution in [3.05, 3.63) is 36.0 Å². The maximum atomic E-state index is 12.0. The van der Waals surface area contributed by atoms with Gasteiger partial charge in [0.05, 0.1) is 12.7 Å². The number of carbonyl (C=O) groups excluding carboxylic acids is 4. The molecule has 0 aliphatic rings. The molecule has 0 saturated carbocycles. The van der Waals surface area contributed by atoms with E-state index in [9.17, 15) is 29.4 Å². The number of hydrogen-bond donors (Lipinski definition) is 2. The van der Waals surface area contributed by atoms with Gasteiger partial charge in [-0.25, -0.2) is 4.79 Å². The van der Waals surface area contributed by atoms with Crippen molar-refractivity contribution in [3.63, 3.8) is 0 Å². The summed E-state index contributed by atoms with van der Waals surface area (Å²) in [5, 5.41) is 20.7. The summed E-state index contributed by atoms with van der Waals surface area (Å²) in [6, 6.07) is 0. The van der Waals surface area contributed by atoms with Crippen LogP contribution in [0.2, 0.25) is 0 Å². The number of unbranched alkanes of at least 4 members (excludes halogenated alkanes) is 1. The number of amides is 1. The van der Waals surface area contributed by atoms with Crippen LogP contribution in [0.3, 0.4) is 0 Å². The predicted octanol–water partition coefficient (Wildman–Crippen LogP) is 4.41. The minimum Gasteiger partial charge on any atom is -0.455 e. The van der Waals surface area contributed by atoms with Crippen LogP contribution in [0.4, 0.5) is 4.79 Å². The highest BCUT2D eigenvalue weighted by Gasteiger charge is 2.33. The van der Waals surface area contributed by atoms with Crippen molar-refractivity contribution in [1.29, 1.82) is 0 Å². The Morgan fingerprint density at radius 1 is 1.10 bits per heavy atom. The topological polar surface area (TPSA) is 130 Å². The summed E-state index contributed by atoms with van der Waals surface area (Å²) in [7, 11) is 1.72. The number of rotatable bonds is 19. The maximum absolute atomic E-state index is 12.0. The number of nitrogens with zero attached hydrogens (tertiary/aromatic N) is 1. The monoisotopic (exact) mass is 551 g/mol. The van der Waals surface area contributed by atoms with E-state index in [1.165, 1.54) is 13.8 Å². The van der Waals surface area contributed by atoms with E-state index >= 15 is 0 Å². The van der Waals surface area contributed by atoms with Crippen molar-refractivity contribution in [2.75, 3.05) is 20.2 Å². The molecule has 9 heteroatoms. The molecule has 0 unspecified atom stereocenters. The van der Waals surface area contributed by atoms with Gasteiger partial charge >= 0.3 is 12.1 Å². The molecule has 1 amide bonds. The minimum atomic E-state index is -1.49. The second-order valence-electron chi connectivity index (χ2n) is 10.5. The largest absolute Gasteiger partial charge is 0.455 e. The van der Waals surface area contributed by atoms with E-state index in [4.69, 9.17) is 9.47 Å². The number of allylic oxidation sites excluding steroid dienone is 4. The molecular weight excluding hydrogens is 502 g/mol. The van der Waals surface area contributed by atoms with Gasteiger partial charge in [0.2, 0.25) is 0 Å². The maximum Gasteiger partial charge on any atom is 0.409 e. The average Bonchev–Trinajstić information content (AvgIpc) is 2.87. The number of aliphatic hydroxyl groups excluding tert-OH is 1. The molecule has 2 N–H and O–H groups in total. The molecular formula is C30H49NO8. The van der Waals surface area contributed by atoms with Gasteiger partial charge in [-0.2, -0.15) is 0 Å². The summed E-state index contributed by atoms with van der Waals surface area (Å²) in [4.78, 5) is 47.7. The van der Waals surface area contributed by atoms with Crippen molar-refractivity contribution < 1.29 is 38.9 Å². The molecule has 0 aliphatic carbocycles. The van der Waals surface area contributed by atoms with Crippen LogP contribution in [0.25, 0.3) is 0 Å². The van der Waals surface area contributed by atoms with E-state index in [1.807, 2.05) is 39.0 Å². The highest BCUT2D eigenvalue weighted by Crippen LogP contribution is 2.25. The molecule has 9 nitrogen and oxygen atoms in total. The zero-order valence-electron chi connectivity index (χ0n) is 24.7. The Morgan fingerprint density at radius 2 is 1.77 bits per heavy atom. The Labute approximate surface area is 233 Å². The molecule has 0 rings (SSSR count). The van der Waals surface area contributed by atoms with Gasteiger partial charge in [-0.05, 0) is 45.1 Å². The van der Waals surface area contributed by atoms with E-state index in [0.717, 1.165) is 24.7 Å². The summed E-state index contributed by atoms with van der Waals surface area (Å²) in [5.41, 5.74) is -0.671. The highest BCUT2D eigenvalue weighted by atomic mass is 16.6. The predicted molar refractivity (Wildman–Crippen MR) is 151 cm³/mol. The lowest BCUT2D eigenvalue weighted by Gasteiger charge is -2.31. The molecule has 222 valence electrons. The van der Waals surface area contributed by atoms with Crippen LogP contribution in [-0.2, 0) is 23.9 Å². The summed E-state index contributed by atoms with van der Waals surface area (Å²) in [6.45, 7) is 11.3. The molecule has 0 spiro atoms. The van der Waals surface area contributed by atoms with Crippen molar-refractivity contribution in [3.8, 4) is 0 Å². The third kappa shape index (κ3) is 15.4. The molecule has 0 aromatic rings. The Bertz CT molecular complexity index is 848. The Balaban J connectivity index is 5.23. The van der Waals surface area contributed by atoms with Crippen molar-refractivity contribution in [2.45, 2.75) is 91.5 Å². The lowest BCUT2D eigenvalue weighted by atomic mass is 9.86. The van der Waals surface area contributed by atoms with E-state index in [0.29, 0.717) is 12.8 Å². The van der Waals surface area contributed by atoms with E-state index in [2.05, 4.69) is 6.92 Å². The lowest BCUT2D eigenvalue weighted by molar-refractivity contribution is -0.156. The van der Waals surface area contributed by atoms with Crippen LogP contribution in [0, 0.1) is 17.8 Å². The quantitative estimate of drug-likeness (QED) is 0.104. The summed E-state index contributed by atoms with van der Waals surface area (Å²) in [6.07, 6.45) is 10.2. The normalized spacial score (nSPS) is 17.6. The first-order valence-corrected chi connectivity index (χ1v) is 13.7. The van der Waals surface area contributed by atoms with Crippen LogP contribution >= 0.6 is 0 Å². The first kappa shape index (κ1) is 36.2. The van der Waals surface area contributed by atoms with Crippen LogP contribution in [0.15, 0.2) is 36.0 Å². The zero-order chi connectivity index (χ0) is 30.0. The number of aldehydes is 2. The Hall–Kier alpha value is -2.78. The van der Waals surface area contributed by atoms with Crippen LogP contribution in [0.5, 0.6) is 0 Å².